The third-order valence-electron chi connectivity index (χ3n) is 2.07. The Hall–Kier alpha value is -1.71. The van der Waals surface area contributed by atoms with E-state index in [9.17, 15) is 4.79 Å². The first kappa shape index (κ1) is 12.4. The zero-order valence-corrected chi connectivity index (χ0v) is 9.82. The summed E-state index contributed by atoms with van der Waals surface area (Å²) in [5.74, 6) is 1.21. The molecule has 0 fully saturated rings. The van der Waals surface area contributed by atoms with Gasteiger partial charge in [-0.2, -0.15) is 0 Å². The molecule has 16 heavy (non-hydrogen) atoms. The zero-order chi connectivity index (χ0) is 12.0. The van der Waals surface area contributed by atoms with Gasteiger partial charge in [0.1, 0.15) is 11.5 Å². The van der Waals surface area contributed by atoms with Crippen LogP contribution in [0.1, 0.15) is 13.8 Å². The second kappa shape index (κ2) is 6.00. The average Bonchev–Trinajstić information content (AvgIpc) is 2.29. The van der Waals surface area contributed by atoms with Gasteiger partial charge in [0.2, 0.25) is 0 Å². The van der Waals surface area contributed by atoms with Gasteiger partial charge in [-0.25, -0.2) is 0 Å². The number of carbonyl (C=O) groups excluding carboxylic acids is 1. The Kier molecular flexibility index (Phi) is 4.64. The van der Waals surface area contributed by atoms with Gasteiger partial charge in [-0.15, -0.1) is 0 Å². The van der Waals surface area contributed by atoms with Gasteiger partial charge in [0, 0.05) is 12.6 Å². The lowest BCUT2D eigenvalue weighted by Crippen LogP contribution is -2.36. The third-order valence-corrected chi connectivity index (χ3v) is 2.07. The van der Waals surface area contributed by atoms with Gasteiger partial charge in [0.25, 0.3) is 5.91 Å². The number of ether oxygens (including phenoxy) is 2. The summed E-state index contributed by atoms with van der Waals surface area (Å²) in [6.07, 6.45) is -0.507. The maximum Gasteiger partial charge on any atom is 0.260 e. The molecule has 0 bridgehead atoms. The van der Waals surface area contributed by atoms with Crippen LogP contribution >= 0.6 is 0 Å². The lowest BCUT2D eigenvalue weighted by atomic mass is 10.3. The first-order valence-corrected chi connectivity index (χ1v) is 5.25. The summed E-state index contributed by atoms with van der Waals surface area (Å²) in [4.78, 5) is 11.4. The summed E-state index contributed by atoms with van der Waals surface area (Å²) < 4.78 is 10.5. The van der Waals surface area contributed by atoms with Crippen LogP contribution in [0.15, 0.2) is 24.3 Å². The Labute approximate surface area is 95.6 Å². The van der Waals surface area contributed by atoms with Crippen molar-refractivity contribution < 1.29 is 14.3 Å². The van der Waals surface area contributed by atoms with Gasteiger partial charge in [-0.05, 0) is 26.0 Å². The van der Waals surface area contributed by atoms with E-state index in [-0.39, 0.29) is 5.91 Å². The van der Waals surface area contributed by atoms with Crippen molar-refractivity contribution in [2.45, 2.75) is 20.0 Å². The fraction of sp³-hybridized carbons (Fsp3) is 0.417. The van der Waals surface area contributed by atoms with Crippen molar-refractivity contribution in [3.8, 4) is 11.5 Å². The third kappa shape index (κ3) is 3.46. The molecule has 0 aliphatic carbocycles. The Morgan fingerprint density at radius 1 is 1.44 bits per heavy atom. The molecule has 1 aromatic carbocycles. The SMILES string of the molecule is CCNC(=O)[C@@H](C)Oc1cccc(OC)c1. The molecule has 0 heterocycles. The van der Waals surface area contributed by atoms with Crippen molar-refractivity contribution in [3.05, 3.63) is 24.3 Å². The number of methoxy groups -OCH3 is 1. The van der Waals surface area contributed by atoms with Crippen molar-refractivity contribution >= 4 is 5.91 Å². The molecule has 0 aliphatic rings. The predicted molar refractivity (Wildman–Crippen MR) is 61.8 cm³/mol. The van der Waals surface area contributed by atoms with E-state index in [0.717, 1.165) is 0 Å². The number of amides is 1. The smallest absolute Gasteiger partial charge is 0.260 e. The lowest BCUT2D eigenvalue weighted by Gasteiger charge is -2.14. The first-order valence-electron chi connectivity index (χ1n) is 5.25. The quantitative estimate of drug-likeness (QED) is 0.824. The molecule has 0 spiro atoms. The molecule has 4 nitrogen and oxygen atoms in total. The molecule has 1 N–H and O–H groups in total. The number of rotatable bonds is 5. The minimum absolute atomic E-state index is 0.120. The molecule has 0 aliphatic heterocycles. The van der Waals surface area contributed by atoms with E-state index in [1.54, 1.807) is 26.2 Å². The number of hydrogen-bond acceptors (Lipinski definition) is 3. The Bertz CT molecular complexity index is 352. The highest BCUT2D eigenvalue weighted by Crippen LogP contribution is 2.19. The zero-order valence-electron chi connectivity index (χ0n) is 9.82. The van der Waals surface area contributed by atoms with Crippen LogP contribution < -0.4 is 14.8 Å². The van der Waals surface area contributed by atoms with Gasteiger partial charge >= 0.3 is 0 Å². The standard InChI is InChI=1S/C12H17NO3/c1-4-13-12(14)9(2)16-11-7-5-6-10(8-11)15-3/h5-9H,4H2,1-3H3,(H,13,14)/t9-/m1/s1. The highest BCUT2D eigenvalue weighted by molar-refractivity contribution is 5.80. The van der Waals surface area contributed by atoms with Crippen LogP contribution in [0.5, 0.6) is 11.5 Å². The van der Waals surface area contributed by atoms with Crippen LogP contribution in [0.4, 0.5) is 0 Å². The molecule has 88 valence electrons. The number of likely N-dealkylation sites (N-methyl/N-ethyl adjacent to an activating group) is 1. The summed E-state index contributed by atoms with van der Waals surface area (Å²) in [5.41, 5.74) is 0. The van der Waals surface area contributed by atoms with Crippen molar-refractivity contribution in [1.82, 2.24) is 5.32 Å². The fourth-order valence-electron chi connectivity index (χ4n) is 1.25. The number of carbonyl (C=O) groups is 1. The molecule has 0 aromatic heterocycles. The second-order valence-electron chi connectivity index (χ2n) is 3.33. The summed E-state index contributed by atoms with van der Waals surface area (Å²) >= 11 is 0. The molecule has 0 unspecified atom stereocenters. The number of hydrogen-bond donors (Lipinski definition) is 1. The predicted octanol–water partition coefficient (Wildman–Crippen LogP) is 1.60. The monoisotopic (exact) mass is 223 g/mol. The summed E-state index contributed by atoms with van der Waals surface area (Å²) in [6.45, 7) is 4.19. The molecular formula is C12H17NO3. The Morgan fingerprint density at radius 3 is 2.75 bits per heavy atom. The van der Waals surface area contributed by atoms with Crippen molar-refractivity contribution in [3.63, 3.8) is 0 Å². The highest BCUT2D eigenvalue weighted by Gasteiger charge is 2.13. The molecule has 1 aromatic rings. The topological polar surface area (TPSA) is 47.6 Å². The normalized spacial score (nSPS) is 11.7. The van der Waals surface area contributed by atoms with Crippen molar-refractivity contribution in [1.29, 1.82) is 0 Å². The average molecular weight is 223 g/mol. The van der Waals surface area contributed by atoms with E-state index in [1.807, 2.05) is 19.1 Å². The Morgan fingerprint density at radius 2 is 2.12 bits per heavy atom. The van der Waals surface area contributed by atoms with Crippen LogP contribution in [-0.4, -0.2) is 25.7 Å². The van der Waals surface area contributed by atoms with Gasteiger partial charge in [-0.3, -0.25) is 4.79 Å². The minimum Gasteiger partial charge on any atom is -0.497 e. The van der Waals surface area contributed by atoms with Gasteiger partial charge in [0.05, 0.1) is 7.11 Å². The molecule has 1 atom stereocenters. The summed E-state index contributed by atoms with van der Waals surface area (Å²) in [5, 5.41) is 2.70. The maximum atomic E-state index is 11.4. The minimum atomic E-state index is -0.507. The van der Waals surface area contributed by atoms with Gasteiger partial charge < -0.3 is 14.8 Å². The fourth-order valence-corrected chi connectivity index (χ4v) is 1.25. The largest absolute Gasteiger partial charge is 0.497 e. The van der Waals surface area contributed by atoms with Crippen LogP contribution in [0, 0.1) is 0 Å². The lowest BCUT2D eigenvalue weighted by molar-refractivity contribution is -0.127. The molecular weight excluding hydrogens is 206 g/mol. The molecule has 4 heteroatoms. The molecule has 0 saturated carbocycles. The molecule has 0 radical (unpaired) electrons. The van der Waals surface area contributed by atoms with Crippen molar-refractivity contribution in [2.75, 3.05) is 13.7 Å². The van der Waals surface area contributed by atoms with Crippen LogP contribution in [0.3, 0.4) is 0 Å². The highest BCUT2D eigenvalue weighted by atomic mass is 16.5. The number of benzene rings is 1. The van der Waals surface area contributed by atoms with E-state index in [4.69, 9.17) is 9.47 Å². The van der Waals surface area contributed by atoms with E-state index >= 15 is 0 Å². The van der Waals surface area contributed by atoms with E-state index in [2.05, 4.69) is 5.32 Å². The first-order chi connectivity index (χ1) is 7.67. The summed E-state index contributed by atoms with van der Waals surface area (Å²) in [6, 6.07) is 7.18. The second-order valence-corrected chi connectivity index (χ2v) is 3.33. The maximum absolute atomic E-state index is 11.4. The number of nitrogens with one attached hydrogen (secondary N) is 1. The van der Waals surface area contributed by atoms with E-state index in [1.165, 1.54) is 0 Å². The molecule has 1 amide bonds. The molecule has 0 saturated heterocycles. The van der Waals surface area contributed by atoms with Crippen molar-refractivity contribution in [2.24, 2.45) is 0 Å². The van der Waals surface area contributed by atoms with Crippen LogP contribution in [0.25, 0.3) is 0 Å². The molecule has 1 rings (SSSR count). The summed E-state index contributed by atoms with van der Waals surface area (Å²) in [7, 11) is 1.59. The van der Waals surface area contributed by atoms with Gasteiger partial charge in [-0.1, -0.05) is 6.07 Å². The van der Waals surface area contributed by atoms with Gasteiger partial charge in [0.15, 0.2) is 6.10 Å². The van der Waals surface area contributed by atoms with E-state index < -0.39 is 6.10 Å². The van der Waals surface area contributed by atoms with Crippen LogP contribution in [-0.2, 0) is 4.79 Å². The van der Waals surface area contributed by atoms with E-state index in [0.29, 0.717) is 18.0 Å². The van der Waals surface area contributed by atoms with Crippen LogP contribution in [0.2, 0.25) is 0 Å². The Balaban J connectivity index is 2.61.